The van der Waals surface area contributed by atoms with Crippen LogP contribution in [0.4, 0.5) is 5.69 Å². The van der Waals surface area contributed by atoms with Crippen LogP contribution in [0.15, 0.2) is 54.6 Å². The van der Waals surface area contributed by atoms with E-state index in [1.807, 2.05) is 54.6 Å². The van der Waals surface area contributed by atoms with Crippen molar-refractivity contribution >= 4 is 11.7 Å². The molecule has 2 rings (SSSR count). The summed E-state index contributed by atoms with van der Waals surface area (Å²) in [5.41, 5.74) is 8.29. The Bertz CT molecular complexity index is 587. The summed E-state index contributed by atoms with van der Waals surface area (Å²) in [6, 6.07) is 17.4. The molecule has 0 radical (unpaired) electrons. The minimum absolute atomic E-state index is 0.0764. The molecule has 0 unspecified atom stereocenters. The number of carbonyl (C=O) groups is 1. The zero-order valence-electron chi connectivity index (χ0n) is 12.5. The number of carbonyl (C=O) groups excluding carboxylic acids is 1. The molecule has 0 saturated heterocycles. The second-order valence-corrected chi connectivity index (χ2v) is 4.59. The zero-order valence-corrected chi connectivity index (χ0v) is 12.5. The van der Waals surface area contributed by atoms with Gasteiger partial charge in [0.2, 0.25) is 0 Å². The lowest BCUT2D eigenvalue weighted by molar-refractivity contribution is -0.145. The molecule has 0 aliphatic carbocycles. The lowest BCUT2D eigenvalue weighted by Crippen LogP contribution is -2.20. The quantitative estimate of drug-likeness (QED) is 0.580. The van der Waals surface area contributed by atoms with Crippen molar-refractivity contribution in [3.05, 3.63) is 60.2 Å². The van der Waals surface area contributed by atoms with Crippen LogP contribution in [0.2, 0.25) is 0 Å². The molecule has 116 valence electrons. The van der Waals surface area contributed by atoms with Crippen molar-refractivity contribution < 1.29 is 14.3 Å². The van der Waals surface area contributed by atoms with Crippen molar-refractivity contribution in [2.75, 3.05) is 18.6 Å². The monoisotopic (exact) mass is 300 g/mol. The Morgan fingerprint density at radius 1 is 1.09 bits per heavy atom. The summed E-state index contributed by atoms with van der Waals surface area (Å²) in [5.74, 6) is 0.281. The smallest absolute Gasteiger partial charge is 0.344 e. The molecule has 0 heterocycles. The predicted octanol–water partition coefficient (Wildman–Crippen LogP) is 2.75. The second-order valence-electron chi connectivity index (χ2n) is 4.59. The second kappa shape index (κ2) is 8.69. The Morgan fingerprint density at radius 2 is 1.91 bits per heavy atom. The van der Waals surface area contributed by atoms with Crippen LogP contribution >= 0.6 is 0 Å². The van der Waals surface area contributed by atoms with E-state index in [1.165, 1.54) is 0 Å². The average Bonchev–Trinajstić information content (AvgIpc) is 2.55. The Balaban J connectivity index is 1.79. The molecule has 2 aromatic rings. The Hall–Kier alpha value is -2.53. The molecule has 5 heteroatoms. The van der Waals surface area contributed by atoms with Crippen molar-refractivity contribution in [3.8, 4) is 5.75 Å². The molecule has 0 saturated carbocycles. The van der Waals surface area contributed by atoms with Gasteiger partial charge >= 0.3 is 5.97 Å². The van der Waals surface area contributed by atoms with Crippen molar-refractivity contribution in [2.24, 2.45) is 0 Å². The topological polar surface area (TPSA) is 59.6 Å². The van der Waals surface area contributed by atoms with Gasteiger partial charge in [0, 0.05) is 12.2 Å². The first-order chi connectivity index (χ1) is 10.8. The minimum Gasteiger partial charge on any atom is -0.482 e. The van der Waals surface area contributed by atoms with E-state index in [4.69, 9.17) is 9.47 Å². The highest BCUT2D eigenvalue weighted by Crippen LogP contribution is 2.13. The Kier molecular flexibility index (Phi) is 6.26. The van der Waals surface area contributed by atoms with Gasteiger partial charge in [-0.2, -0.15) is 0 Å². The number of esters is 1. The number of nitrogens with one attached hydrogen (secondary N) is 2. The number of anilines is 1. The molecule has 2 N–H and O–H groups in total. The number of hydrogen-bond acceptors (Lipinski definition) is 5. The SMILES string of the molecule is CCOC(=O)COc1cccc(CNNc2ccccc2)c1. The van der Waals surface area contributed by atoms with E-state index in [0.717, 1.165) is 11.3 Å². The van der Waals surface area contributed by atoms with Crippen LogP contribution in [-0.4, -0.2) is 19.2 Å². The fraction of sp³-hybridized carbons (Fsp3) is 0.235. The number of hydrazine groups is 1. The van der Waals surface area contributed by atoms with E-state index in [1.54, 1.807) is 6.92 Å². The van der Waals surface area contributed by atoms with E-state index >= 15 is 0 Å². The third-order valence-corrected chi connectivity index (χ3v) is 2.86. The largest absolute Gasteiger partial charge is 0.482 e. The van der Waals surface area contributed by atoms with Gasteiger partial charge in [0.25, 0.3) is 0 Å². The summed E-state index contributed by atoms with van der Waals surface area (Å²) in [6.45, 7) is 2.68. The van der Waals surface area contributed by atoms with Gasteiger partial charge in [-0.15, -0.1) is 0 Å². The van der Waals surface area contributed by atoms with Gasteiger partial charge in [0.1, 0.15) is 5.75 Å². The van der Waals surface area contributed by atoms with Crippen LogP contribution < -0.4 is 15.6 Å². The molecule has 0 aliphatic rings. The predicted molar refractivity (Wildman–Crippen MR) is 85.5 cm³/mol. The number of hydrogen-bond donors (Lipinski definition) is 2. The first-order valence-corrected chi connectivity index (χ1v) is 7.19. The first-order valence-electron chi connectivity index (χ1n) is 7.19. The van der Waals surface area contributed by atoms with Gasteiger partial charge in [-0.1, -0.05) is 30.3 Å². The lowest BCUT2D eigenvalue weighted by atomic mass is 10.2. The van der Waals surface area contributed by atoms with Crippen LogP contribution in [0.1, 0.15) is 12.5 Å². The van der Waals surface area contributed by atoms with Crippen molar-refractivity contribution in [3.63, 3.8) is 0 Å². The molecule has 5 nitrogen and oxygen atoms in total. The van der Waals surface area contributed by atoms with Crippen LogP contribution in [0, 0.1) is 0 Å². The molecule has 0 aliphatic heterocycles. The van der Waals surface area contributed by atoms with Gasteiger partial charge in [-0.3, -0.25) is 0 Å². The minimum atomic E-state index is -0.364. The fourth-order valence-electron chi connectivity index (χ4n) is 1.86. The van der Waals surface area contributed by atoms with Crippen LogP contribution in [-0.2, 0) is 16.1 Å². The molecule has 0 amide bonds. The van der Waals surface area contributed by atoms with Crippen LogP contribution in [0.25, 0.3) is 0 Å². The maximum absolute atomic E-state index is 11.3. The van der Waals surface area contributed by atoms with Gasteiger partial charge in [-0.25, -0.2) is 10.2 Å². The molecule has 2 aromatic carbocycles. The number of rotatable bonds is 8. The van der Waals surface area contributed by atoms with Gasteiger partial charge in [0.05, 0.1) is 6.61 Å². The molecule has 0 aromatic heterocycles. The van der Waals surface area contributed by atoms with Crippen molar-refractivity contribution in [1.29, 1.82) is 0 Å². The molecule has 0 atom stereocenters. The molecule has 0 bridgehead atoms. The fourth-order valence-corrected chi connectivity index (χ4v) is 1.86. The highest BCUT2D eigenvalue weighted by atomic mass is 16.6. The maximum Gasteiger partial charge on any atom is 0.344 e. The summed E-state index contributed by atoms with van der Waals surface area (Å²) >= 11 is 0. The summed E-state index contributed by atoms with van der Waals surface area (Å²) in [7, 11) is 0. The van der Waals surface area contributed by atoms with E-state index in [2.05, 4.69) is 10.9 Å². The highest BCUT2D eigenvalue weighted by molar-refractivity contribution is 5.71. The molecule has 0 fully saturated rings. The molecule has 22 heavy (non-hydrogen) atoms. The molecule has 0 spiro atoms. The summed E-state index contributed by atoms with van der Waals surface area (Å²) in [4.78, 5) is 11.3. The highest BCUT2D eigenvalue weighted by Gasteiger charge is 2.03. The summed E-state index contributed by atoms with van der Waals surface area (Å²) in [5, 5.41) is 0. The van der Waals surface area contributed by atoms with E-state index in [9.17, 15) is 4.79 Å². The van der Waals surface area contributed by atoms with Gasteiger partial charge < -0.3 is 14.9 Å². The van der Waals surface area contributed by atoms with Crippen molar-refractivity contribution in [2.45, 2.75) is 13.5 Å². The van der Waals surface area contributed by atoms with E-state index < -0.39 is 0 Å². The normalized spacial score (nSPS) is 10.0. The average molecular weight is 300 g/mol. The van der Waals surface area contributed by atoms with Gasteiger partial charge in [-0.05, 0) is 36.8 Å². The van der Waals surface area contributed by atoms with E-state index in [0.29, 0.717) is 18.9 Å². The lowest BCUT2D eigenvalue weighted by Gasteiger charge is -2.10. The van der Waals surface area contributed by atoms with Gasteiger partial charge in [0.15, 0.2) is 6.61 Å². The first kappa shape index (κ1) is 15.9. The maximum atomic E-state index is 11.3. The number of benzene rings is 2. The number of ether oxygens (including phenoxy) is 2. The van der Waals surface area contributed by atoms with Crippen LogP contribution in [0.5, 0.6) is 5.75 Å². The standard InChI is InChI=1S/C17H20N2O3/c1-2-21-17(20)13-22-16-10-6-7-14(11-16)12-18-19-15-8-4-3-5-9-15/h3-11,18-19H,2,12-13H2,1H3. The Morgan fingerprint density at radius 3 is 2.68 bits per heavy atom. The van der Waals surface area contributed by atoms with E-state index in [-0.39, 0.29) is 12.6 Å². The van der Waals surface area contributed by atoms with Crippen molar-refractivity contribution in [1.82, 2.24) is 5.43 Å². The third-order valence-electron chi connectivity index (χ3n) is 2.86. The summed E-state index contributed by atoms with van der Waals surface area (Å²) in [6.07, 6.45) is 0. The number of para-hydroxylation sites is 1. The van der Waals surface area contributed by atoms with Crippen LogP contribution in [0.3, 0.4) is 0 Å². The Labute approximate surface area is 130 Å². The summed E-state index contributed by atoms with van der Waals surface area (Å²) < 4.78 is 10.2. The third kappa shape index (κ3) is 5.46. The molecular weight excluding hydrogens is 280 g/mol. The zero-order chi connectivity index (χ0) is 15.6. The molecular formula is C17H20N2O3.